The van der Waals surface area contributed by atoms with E-state index in [1.54, 1.807) is 18.4 Å². The third-order valence-corrected chi connectivity index (χ3v) is 5.69. The van der Waals surface area contributed by atoms with Crippen LogP contribution < -0.4 is 9.47 Å². The van der Waals surface area contributed by atoms with Crippen molar-refractivity contribution in [2.75, 3.05) is 26.8 Å². The van der Waals surface area contributed by atoms with E-state index in [2.05, 4.69) is 53.6 Å². The van der Waals surface area contributed by atoms with Gasteiger partial charge in [0.15, 0.2) is 11.5 Å². The molecule has 1 aliphatic rings. The van der Waals surface area contributed by atoms with E-state index in [-0.39, 0.29) is 0 Å². The van der Waals surface area contributed by atoms with Crippen LogP contribution in [0.2, 0.25) is 0 Å². The summed E-state index contributed by atoms with van der Waals surface area (Å²) >= 11 is 1.79. The molecule has 3 nitrogen and oxygen atoms in total. The van der Waals surface area contributed by atoms with Crippen LogP contribution >= 0.6 is 11.3 Å². The van der Waals surface area contributed by atoms with Crippen molar-refractivity contribution in [2.24, 2.45) is 0 Å². The number of methoxy groups -OCH3 is 1. The molecule has 0 radical (unpaired) electrons. The van der Waals surface area contributed by atoms with Crippen LogP contribution in [-0.4, -0.2) is 31.7 Å². The summed E-state index contributed by atoms with van der Waals surface area (Å²) in [7, 11) is 1.73. The Balaban J connectivity index is 1.82. The van der Waals surface area contributed by atoms with Crippen molar-refractivity contribution in [3.8, 4) is 22.6 Å². The molecule has 2 aromatic carbocycles. The molecule has 1 aromatic heterocycles. The van der Waals surface area contributed by atoms with E-state index >= 15 is 0 Å². The fourth-order valence-electron chi connectivity index (χ4n) is 3.55. The number of ether oxygens (including phenoxy) is 2. The molecule has 25 heavy (non-hydrogen) atoms. The molecule has 0 atom stereocenters. The molecule has 0 saturated heterocycles. The van der Waals surface area contributed by atoms with Gasteiger partial charge in [0.2, 0.25) is 0 Å². The quantitative estimate of drug-likeness (QED) is 0.645. The lowest BCUT2D eigenvalue weighted by Crippen LogP contribution is -2.26. The topological polar surface area (TPSA) is 21.7 Å². The summed E-state index contributed by atoms with van der Waals surface area (Å²) in [5.74, 6) is 1.74. The lowest BCUT2D eigenvalue weighted by molar-refractivity contribution is 0.223. The monoisotopic (exact) mass is 353 g/mol. The van der Waals surface area contributed by atoms with Gasteiger partial charge in [-0.05, 0) is 42.1 Å². The van der Waals surface area contributed by atoms with Crippen LogP contribution in [0, 0.1) is 0 Å². The molecule has 0 saturated carbocycles. The minimum atomic E-state index is 0.712. The lowest BCUT2D eigenvalue weighted by atomic mass is 10.0. The number of rotatable bonds is 4. The Kier molecular flexibility index (Phi) is 4.64. The van der Waals surface area contributed by atoms with Gasteiger partial charge in [0.1, 0.15) is 6.61 Å². The van der Waals surface area contributed by atoms with E-state index in [0.29, 0.717) is 6.61 Å². The van der Waals surface area contributed by atoms with Gasteiger partial charge in [-0.15, -0.1) is 11.3 Å². The molecule has 4 heteroatoms. The lowest BCUT2D eigenvalue weighted by Gasteiger charge is -2.18. The largest absolute Gasteiger partial charge is 0.493 e. The van der Waals surface area contributed by atoms with Crippen LogP contribution in [0.1, 0.15) is 18.9 Å². The maximum Gasteiger partial charge on any atom is 0.165 e. The first kappa shape index (κ1) is 16.4. The summed E-state index contributed by atoms with van der Waals surface area (Å²) in [5, 5.41) is 3.54. The highest BCUT2D eigenvalue weighted by Gasteiger charge is 2.20. The highest BCUT2D eigenvalue weighted by Crippen LogP contribution is 2.41. The van der Waals surface area contributed by atoms with Crippen molar-refractivity contribution in [3.63, 3.8) is 0 Å². The zero-order valence-electron chi connectivity index (χ0n) is 14.7. The molecule has 0 N–H and O–H groups in total. The van der Waals surface area contributed by atoms with E-state index in [0.717, 1.165) is 37.6 Å². The fraction of sp³-hybridized carbons (Fsp3) is 0.333. The summed E-state index contributed by atoms with van der Waals surface area (Å²) in [6.45, 7) is 5.90. The van der Waals surface area contributed by atoms with Gasteiger partial charge in [0.25, 0.3) is 0 Å². The van der Waals surface area contributed by atoms with Crippen LogP contribution in [0.4, 0.5) is 0 Å². The molecule has 3 aromatic rings. The number of nitrogens with zero attached hydrogens (tertiary/aromatic N) is 1. The third kappa shape index (κ3) is 3.12. The standard InChI is InChI=1S/C21H23NO2S/c1-3-8-22-9-10-24-21-16(13-22)11-15(12-19(21)23-2)18-14-25-20-7-5-4-6-17(18)20/h4-7,11-12,14H,3,8-10,13H2,1-2H3. The van der Waals surface area contributed by atoms with Gasteiger partial charge >= 0.3 is 0 Å². The first-order valence-electron chi connectivity index (χ1n) is 8.83. The molecule has 0 spiro atoms. The van der Waals surface area contributed by atoms with E-state index in [9.17, 15) is 0 Å². The van der Waals surface area contributed by atoms with Gasteiger partial charge in [-0.3, -0.25) is 4.90 Å². The zero-order chi connectivity index (χ0) is 17.2. The van der Waals surface area contributed by atoms with E-state index in [1.807, 2.05) is 0 Å². The molecule has 1 aliphatic heterocycles. The maximum absolute atomic E-state index is 6.04. The maximum atomic E-state index is 6.04. The molecule has 130 valence electrons. The Hall–Kier alpha value is -2.04. The molecule has 4 rings (SSSR count). The van der Waals surface area contributed by atoms with Crippen LogP contribution in [0.15, 0.2) is 41.8 Å². The second-order valence-electron chi connectivity index (χ2n) is 6.44. The van der Waals surface area contributed by atoms with Crippen molar-refractivity contribution in [3.05, 3.63) is 47.3 Å². The van der Waals surface area contributed by atoms with Crippen LogP contribution in [0.25, 0.3) is 21.2 Å². The molecule has 0 unspecified atom stereocenters. The molecule has 0 amide bonds. The normalized spacial score (nSPS) is 14.8. The predicted molar refractivity (Wildman–Crippen MR) is 105 cm³/mol. The summed E-state index contributed by atoms with van der Waals surface area (Å²) in [5.41, 5.74) is 3.69. The molecular weight excluding hydrogens is 330 g/mol. The van der Waals surface area contributed by atoms with Crippen molar-refractivity contribution >= 4 is 21.4 Å². The highest BCUT2D eigenvalue weighted by molar-refractivity contribution is 7.17. The molecule has 0 bridgehead atoms. The molecule has 0 aliphatic carbocycles. The Morgan fingerprint density at radius 1 is 1.24 bits per heavy atom. The van der Waals surface area contributed by atoms with Crippen molar-refractivity contribution < 1.29 is 9.47 Å². The van der Waals surface area contributed by atoms with E-state index in [4.69, 9.17) is 9.47 Å². The van der Waals surface area contributed by atoms with Gasteiger partial charge in [0, 0.05) is 34.3 Å². The van der Waals surface area contributed by atoms with Gasteiger partial charge in [0.05, 0.1) is 7.11 Å². The smallest absolute Gasteiger partial charge is 0.165 e. The number of hydrogen-bond acceptors (Lipinski definition) is 4. The Labute approximate surface area is 152 Å². The summed E-state index contributed by atoms with van der Waals surface area (Å²) in [4.78, 5) is 2.46. The van der Waals surface area contributed by atoms with Crippen molar-refractivity contribution in [1.29, 1.82) is 0 Å². The first-order chi connectivity index (χ1) is 12.3. The minimum Gasteiger partial charge on any atom is -0.493 e. The van der Waals surface area contributed by atoms with Crippen molar-refractivity contribution in [2.45, 2.75) is 19.9 Å². The summed E-state index contributed by atoms with van der Waals surface area (Å²) in [6.07, 6.45) is 1.15. The van der Waals surface area contributed by atoms with Gasteiger partial charge in [-0.1, -0.05) is 25.1 Å². The highest BCUT2D eigenvalue weighted by atomic mass is 32.1. The zero-order valence-corrected chi connectivity index (χ0v) is 15.6. The van der Waals surface area contributed by atoms with Gasteiger partial charge in [-0.25, -0.2) is 0 Å². The van der Waals surface area contributed by atoms with Crippen molar-refractivity contribution in [1.82, 2.24) is 4.90 Å². The van der Waals surface area contributed by atoms with Crippen LogP contribution in [0.5, 0.6) is 11.5 Å². The molecule has 2 heterocycles. The third-order valence-electron chi connectivity index (χ3n) is 4.73. The number of thiophene rings is 1. The number of benzene rings is 2. The van der Waals surface area contributed by atoms with Crippen LogP contribution in [-0.2, 0) is 6.54 Å². The average Bonchev–Trinajstić information content (AvgIpc) is 2.96. The van der Waals surface area contributed by atoms with Gasteiger partial charge in [-0.2, -0.15) is 0 Å². The molecule has 0 fully saturated rings. The fourth-order valence-corrected chi connectivity index (χ4v) is 4.52. The van der Waals surface area contributed by atoms with E-state index in [1.165, 1.54) is 26.8 Å². The molecular formula is C21H23NO2S. The predicted octanol–water partition coefficient (Wildman–Crippen LogP) is 5.18. The Morgan fingerprint density at radius 2 is 2.12 bits per heavy atom. The van der Waals surface area contributed by atoms with E-state index < -0.39 is 0 Å². The average molecular weight is 353 g/mol. The second kappa shape index (κ2) is 7.06. The summed E-state index contributed by atoms with van der Waals surface area (Å²) in [6, 6.07) is 13.0. The minimum absolute atomic E-state index is 0.712. The SMILES string of the molecule is CCCN1CCOc2c(cc(-c3csc4ccccc34)cc2OC)C1. The van der Waals surface area contributed by atoms with Crippen LogP contribution in [0.3, 0.4) is 0 Å². The number of fused-ring (bicyclic) bond motifs is 2. The number of hydrogen-bond donors (Lipinski definition) is 0. The summed E-state index contributed by atoms with van der Waals surface area (Å²) < 4.78 is 13.0. The first-order valence-corrected chi connectivity index (χ1v) is 9.70. The second-order valence-corrected chi connectivity index (χ2v) is 7.35. The Bertz CT molecular complexity index is 887. The Morgan fingerprint density at radius 3 is 2.96 bits per heavy atom. The van der Waals surface area contributed by atoms with Gasteiger partial charge < -0.3 is 9.47 Å².